The van der Waals surface area contributed by atoms with Gasteiger partial charge in [-0.15, -0.1) is 0 Å². The molecule has 0 aromatic carbocycles. The molecular weight excluding hydrogens is 428 g/mol. The van der Waals surface area contributed by atoms with Gasteiger partial charge in [0.1, 0.15) is 18.0 Å². The molecule has 0 aliphatic carbocycles. The van der Waals surface area contributed by atoms with Crippen LogP contribution >= 0.6 is 0 Å². The summed E-state index contributed by atoms with van der Waals surface area (Å²) >= 11 is 0. The van der Waals surface area contributed by atoms with E-state index < -0.39 is 30.5 Å². The van der Waals surface area contributed by atoms with Crippen molar-refractivity contribution in [2.24, 2.45) is 5.92 Å². The lowest BCUT2D eigenvalue weighted by Gasteiger charge is -2.20. The SMILES string of the molecule is CCCCC/C=C\C/C=C\C/C=C\CCCC(C(=O)CCCCCCC)C(=O)C(O)C(O)CO. The number of hydrogen-bond acceptors (Lipinski definition) is 5. The van der Waals surface area contributed by atoms with Gasteiger partial charge in [-0.3, -0.25) is 9.59 Å². The van der Waals surface area contributed by atoms with Crippen LogP contribution in [0.2, 0.25) is 0 Å². The zero-order valence-corrected chi connectivity index (χ0v) is 21.7. The lowest BCUT2D eigenvalue weighted by Crippen LogP contribution is -2.42. The van der Waals surface area contributed by atoms with Crippen molar-refractivity contribution in [3.63, 3.8) is 0 Å². The average molecular weight is 479 g/mol. The maximum Gasteiger partial charge on any atom is 0.174 e. The summed E-state index contributed by atoms with van der Waals surface area (Å²) in [6.45, 7) is 3.63. The van der Waals surface area contributed by atoms with Crippen LogP contribution in [0.5, 0.6) is 0 Å². The van der Waals surface area contributed by atoms with Crippen LogP contribution in [-0.2, 0) is 9.59 Å². The maximum atomic E-state index is 12.7. The monoisotopic (exact) mass is 478 g/mol. The molecular formula is C29H50O5. The molecule has 34 heavy (non-hydrogen) atoms. The van der Waals surface area contributed by atoms with Gasteiger partial charge in [-0.05, 0) is 51.4 Å². The maximum absolute atomic E-state index is 12.7. The fraction of sp³-hybridized carbons (Fsp3) is 0.724. The minimum atomic E-state index is -1.72. The summed E-state index contributed by atoms with van der Waals surface area (Å²) in [6.07, 6.45) is 23.5. The number of aliphatic hydroxyl groups excluding tert-OH is 3. The molecule has 0 spiro atoms. The first-order valence-corrected chi connectivity index (χ1v) is 13.5. The summed E-state index contributed by atoms with van der Waals surface area (Å²) in [5.74, 6) is -1.75. The number of Topliss-reactive ketones (excluding diaryl/α,β-unsaturated/α-hetero) is 2. The number of carbonyl (C=O) groups excluding carboxylic acids is 2. The van der Waals surface area contributed by atoms with Crippen molar-refractivity contribution >= 4 is 11.6 Å². The van der Waals surface area contributed by atoms with E-state index in [2.05, 4.69) is 50.3 Å². The number of hydrogen-bond donors (Lipinski definition) is 3. The third kappa shape index (κ3) is 17.0. The summed E-state index contributed by atoms with van der Waals surface area (Å²) in [7, 11) is 0. The quantitative estimate of drug-likeness (QED) is 0.0949. The highest BCUT2D eigenvalue weighted by molar-refractivity contribution is 6.04. The summed E-state index contributed by atoms with van der Waals surface area (Å²) in [5.41, 5.74) is 0. The van der Waals surface area contributed by atoms with E-state index in [1.807, 2.05) is 0 Å². The van der Waals surface area contributed by atoms with Gasteiger partial charge in [0.15, 0.2) is 5.78 Å². The van der Waals surface area contributed by atoms with E-state index in [9.17, 15) is 19.8 Å². The lowest BCUT2D eigenvalue weighted by molar-refractivity contribution is -0.144. The van der Waals surface area contributed by atoms with E-state index >= 15 is 0 Å². The molecule has 3 unspecified atom stereocenters. The molecule has 0 saturated heterocycles. The van der Waals surface area contributed by atoms with E-state index in [1.165, 1.54) is 19.3 Å². The summed E-state index contributed by atoms with van der Waals surface area (Å²) in [5, 5.41) is 28.7. The van der Waals surface area contributed by atoms with Gasteiger partial charge in [-0.1, -0.05) is 88.8 Å². The first kappa shape index (κ1) is 32.4. The Bertz CT molecular complexity index is 593. The average Bonchev–Trinajstić information content (AvgIpc) is 2.84. The molecule has 3 N–H and O–H groups in total. The van der Waals surface area contributed by atoms with Crippen molar-refractivity contribution in [2.75, 3.05) is 6.61 Å². The Morgan fingerprint density at radius 1 is 0.706 bits per heavy atom. The van der Waals surface area contributed by atoms with Crippen molar-refractivity contribution in [3.8, 4) is 0 Å². The highest BCUT2D eigenvalue weighted by atomic mass is 16.4. The largest absolute Gasteiger partial charge is 0.394 e. The standard InChI is InChI=1S/C29H50O5/c1-3-5-7-9-10-11-12-13-14-15-16-17-19-20-22-25(28(33)29(34)27(32)24-30)26(31)23-21-18-8-6-4-2/h10-11,13-14,16-17,25,27,29-30,32,34H,3-9,12,15,18-24H2,1-2H3/b11-10-,14-13-,17-16-. The summed E-state index contributed by atoms with van der Waals surface area (Å²) in [6, 6.07) is 0. The predicted octanol–water partition coefficient (Wildman–Crippen LogP) is 6.01. The Labute approximate surface area is 208 Å². The highest BCUT2D eigenvalue weighted by Gasteiger charge is 2.33. The lowest BCUT2D eigenvalue weighted by atomic mass is 9.86. The minimum Gasteiger partial charge on any atom is -0.394 e. The molecule has 0 heterocycles. The molecule has 0 rings (SSSR count). The van der Waals surface area contributed by atoms with Crippen LogP contribution in [-0.4, -0.2) is 45.7 Å². The van der Waals surface area contributed by atoms with E-state index in [4.69, 9.17) is 5.11 Å². The molecule has 196 valence electrons. The molecule has 5 heteroatoms. The van der Waals surface area contributed by atoms with Gasteiger partial charge in [0.2, 0.25) is 0 Å². The van der Waals surface area contributed by atoms with Crippen molar-refractivity contribution in [1.82, 2.24) is 0 Å². The fourth-order valence-corrected chi connectivity index (χ4v) is 3.76. The Kier molecular flexibility index (Phi) is 22.1. The second-order valence-electron chi connectivity index (χ2n) is 9.09. The van der Waals surface area contributed by atoms with E-state index in [-0.39, 0.29) is 5.78 Å². The van der Waals surface area contributed by atoms with Gasteiger partial charge < -0.3 is 15.3 Å². The first-order chi connectivity index (χ1) is 16.5. The van der Waals surface area contributed by atoms with Gasteiger partial charge in [0, 0.05) is 6.42 Å². The van der Waals surface area contributed by atoms with Gasteiger partial charge >= 0.3 is 0 Å². The van der Waals surface area contributed by atoms with Crippen LogP contribution in [0.4, 0.5) is 0 Å². The molecule has 3 atom stereocenters. The Morgan fingerprint density at radius 3 is 1.82 bits per heavy atom. The second-order valence-corrected chi connectivity index (χ2v) is 9.09. The molecule has 0 radical (unpaired) electrons. The van der Waals surface area contributed by atoms with E-state index in [1.54, 1.807) is 0 Å². The van der Waals surface area contributed by atoms with Gasteiger partial charge in [-0.2, -0.15) is 0 Å². The normalized spacial score (nSPS) is 14.9. The fourth-order valence-electron chi connectivity index (χ4n) is 3.76. The Hall–Kier alpha value is -1.56. The molecule has 0 aromatic heterocycles. The van der Waals surface area contributed by atoms with E-state index in [0.29, 0.717) is 19.3 Å². The van der Waals surface area contributed by atoms with Crippen LogP contribution in [0.1, 0.15) is 110 Å². The molecule has 5 nitrogen and oxygen atoms in total. The number of allylic oxidation sites excluding steroid dienone is 6. The minimum absolute atomic E-state index is 0.166. The number of aliphatic hydroxyl groups is 3. The van der Waals surface area contributed by atoms with E-state index in [0.717, 1.165) is 57.8 Å². The van der Waals surface area contributed by atoms with Gasteiger partial charge in [0.05, 0.1) is 12.5 Å². The van der Waals surface area contributed by atoms with Crippen LogP contribution < -0.4 is 0 Å². The molecule has 0 saturated carbocycles. The summed E-state index contributed by atoms with van der Waals surface area (Å²) < 4.78 is 0. The molecule has 0 fully saturated rings. The Balaban J connectivity index is 4.43. The topological polar surface area (TPSA) is 94.8 Å². The predicted molar refractivity (Wildman–Crippen MR) is 141 cm³/mol. The van der Waals surface area contributed by atoms with Crippen molar-refractivity contribution < 1.29 is 24.9 Å². The number of carbonyl (C=O) groups is 2. The zero-order chi connectivity index (χ0) is 25.4. The smallest absolute Gasteiger partial charge is 0.174 e. The molecule has 0 aliphatic rings. The van der Waals surface area contributed by atoms with Crippen molar-refractivity contribution in [2.45, 2.75) is 122 Å². The van der Waals surface area contributed by atoms with Gasteiger partial charge in [0.25, 0.3) is 0 Å². The second kappa shape index (κ2) is 23.2. The number of ketones is 2. The van der Waals surface area contributed by atoms with Crippen LogP contribution in [0.25, 0.3) is 0 Å². The third-order valence-electron chi connectivity index (χ3n) is 5.98. The molecule has 0 bridgehead atoms. The van der Waals surface area contributed by atoms with Gasteiger partial charge in [-0.25, -0.2) is 0 Å². The van der Waals surface area contributed by atoms with Crippen LogP contribution in [0.15, 0.2) is 36.5 Å². The first-order valence-electron chi connectivity index (χ1n) is 13.5. The van der Waals surface area contributed by atoms with Crippen LogP contribution in [0, 0.1) is 5.92 Å². The van der Waals surface area contributed by atoms with Crippen molar-refractivity contribution in [3.05, 3.63) is 36.5 Å². The number of unbranched alkanes of at least 4 members (excludes halogenated alkanes) is 8. The summed E-state index contributed by atoms with van der Waals surface area (Å²) in [4.78, 5) is 25.3. The zero-order valence-electron chi connectivity index (χ0n) is 21.7. The van der Waals surface area contributed by atoms with Crippen LogP contribution in [0.3, 0.4) is 0 Å². The third-order valence-corrected chi connectivity index (χ3v) is 5.98. The highest BCUT2D eigenvalue weighted by Crippen LogP contribution is 2.19. The number of rotatable bonds is 23. The molecule has 0 aliphatic heterocycles. The molecule has 0 amide bonds. The Morgan fingerprint density at radius 2 is 1.24 bits per heavy atom. The van der Waals surface area contributed by atoms with Crippen molar-refractivity contribution in [1.29, 1.82) is 0 Å². The molecule has 0 aromatic rings.